The Balaban J connectivity index is 1.22. The molecule has 2 aromatic heterocycles. The van der Waals surface area contributed by atoms with Crippen molar-refractivity contribution in [3.63, 3.8) is 0 Å². The second-order valence-electron chi connectivity index (χ2n) is 13.6. The summed E-state index contributed by atoms with van der Waals surface area (Å²) in [5.41, 5.74) is 10.9. The van der Waals surface area contributed by atoms with E-state index in [4.69, 9.17) is 15.0 Å². The second-order valence-corrected chi connectivity index (χ2v) is 13.6. The van der Waals surface area contributed by atoms with Crippen LogP contribution in [0.5, 0.6) is 0 Å². The Hall–Kier alpha value is -7.43. The molecule has 2 heterocycles. The minimum absolute atomic E-state index is 0.675. The predicted octanol–water partition coefficient (Wildman–Crippen LogP) is 13.5. The number of para-hydroxylation sites is 3. The lowest BCUT2D eigenvalue weighted by molar-refractivity contribution is 1.18. The van der Waals surface area contributed by atoms with Crippen LogP contribution in [0.25, 0.3) is 77.6 Å². The monoisotopic (exact) mass is 702 g/mol. The number of benzene rings is 8. The summed E-state index contributed by atoms with van der Waals surface area (Å²) in [6.45, 7) is 0. The maximum atomic E-state index is 5.46. The smallest absolute Gasteiger partial charge is 0.160 e. The summed E-state index contributed by atoms with van der Waals surface area (Å²) in [7, 11) is 0. The fraction of sp³-hybridized carbons (Fsp3) is 0. The summed E-state index contributed by atoms with van der Waals surface area (Å²) in [6.07, 6.45) is 0. The average Bonchev–Trinajstić information content (AvgIpc) is 3.27. The van der Waals surface area contributed by atoms with E-state index in [2.05, 4.69) is 175 Å². The van der Waals surface area contributed by atoms with Crippen molar-refractivity contribution in [3.8, 4) is 45.2 Å². The fourth-order valence-electron chi connectivity index (χ4n) is 7.64. The number of nitrogens with zero attached hydrogens (tertiary/aromatic N) is 4. The highest BCUT2D eigenvalue weighted by Gasteiger charge is 2.23. The first-order valence-corrected chi connectivity index (χ1v) is 18.5. The molecule has 0 radical (unpaired) electrons. The summed E-state index contributed by atoms with van der Waals surface area (Å²) in [4.78, 5) is 18.0. The van der Waals surface area contributed by atoms with Crippen LogP contribution < -0.4 is 4.90 Å². The number of fused-ring (bicyclic) bond motifs is 5. The SMILES string of the molecule is c1ccc(-c2cc(-c3ccccc3)nc(-c3ccc(-c4nc5ccccc5c5c4c(N(c4ccccc4)c4ccccc4)cc4ccccc45)cc3)n2)cc1. The van der Waals surface area contributed by atoms with Gasteiger partial charge in [0.2, 0.25) is 0 Å². The summed E-state index contributed by atoms with van der Waals surface area (Å²) in [6, 6.07) is 72.0. The summed E-state index contributed by atoms with van der Waals surface area (Å²) >= 11 is 0. The van der Waals surface area contributed by atoms with E-state index < -0.39 is 0 Å². The molecule has 55 heavy (non-hydrogen) atoms. The summed E-state index contributed by atoms with van der Waals surface area (Å²) in [5, 5.41) is 5.76. The molecule has 0 fully saturated rings. The Morgan fingerprint density at radius 1 is 0.345 bits per heavy atom. The van der Waals surface area contributed by atoms with Gasteiger partial charge in [-0.15, -0.1) is 0 Å². The van der Waals surface area contributed by atoms with E-state index in [1.807, 2.05) is 36.4 Å². The van der Waals surface area contributed by atoms with Crippen LogP contribution in [0.2, 0.25) is 0 Å². The molecule has 0 amide bonds. The van der Waals surface area contributed by atoms with Crippen molar-refractivity contribution < 1.29 is 0 Å². The molecule has 8 aromatic carbocycles. The topological polar surface area (TPSA) is 41.9 Å². The maximum Gasteiger partial charge on any atom is 0.160 e. The molecular weight excluding hydrogens is 669 g/mol. The van der Waals surface area contributed by atoms with Crippen LogP contribution in [0.15, 0.2) is 206 Å². The van der Waals surface area contributed by atoms with Crippen molar-refractivity contribution in [2.24, 2.45) is 0 Å². The van der Waals surface area contributed by atoms with Gasteiger partial charge in [-0.25, -0.2) is 15.0 Å². The van der Waals surface area contributed by atoms with Crippen molar-refractivity contribution >= 4 is 49.5 Å². The molecular formula is C51H34N4. The molecule has 10 aromatic rings. The zero-order valence-corrected chi connectivity index (χ0v) is 29.9. The van der Waals surface area contributed by atoms with Crippen LogP contribution in [-0.2, 0) is 0 Å². The standard InChI is InChI=1S/C51H34N4/c1-5-17-35(18-6-1)45-34-46(36-19-7-2-8-20-36)54-51(53-45)38-31-29-37(30-32-38)50-49-47(55(40-22-9-3-10-23-40)41-24-11-4-12-25-41)33-39-21-13-14-26-42(39)48(49)43-27-15-16-28-44(43)52-50/h1-34H. The number of anilines is 3. The second kappa shape index (κ2) is 13.8. The molecule has 0 unspecified atom stereocenters. The maximum absolute atomic E-state index is 5.46. The number of pyridine rings is 1. The van der Waals surface area contributed by atoms with E-state index in [9.17, 15) is 0 Å². The number of hydrogen-bond acceptors (Lipinski definition) is 4. The Kier molecular flexibility index (Phi) is 8.12. The van der Waals surface area contributed by atoms with Crippen LogP contribution in [0.1, 0.15) is 0 Å². The first-order chi connectivity index (χ1) is 27.3. The zero-order valence-electron chi connectivity index (χ0n) is 29.9. The van der Waals surface area contributed by atoms with Gasteiger partial charge in [-0.2, -0.15) is 0 Å². The first-order valence-electron chi connectivity index (χ1n) is 18.5. The Morgan fingerprint density at radius 2 is 0.836 bits per heavy atom. The Bertz CT molecular complexity index is 2840. The van der Waals surface area contributed by atoms with Gasteiger partial charge in [-0.1, -0.05) is 164 Å². The van der Waals surface area contributed by atoms with E-state index in [0.717, 1.165) is 72.7 Å². The fourth-order valence-corrected chi connectivity index (χ4v) is 7.64. The summed E-state index contributed by atoms with van der Waals surface area (Å²) in [5.74, 6) is 0.675. The zero-order chi connectivity index (χ0) is 36.6. The molecule has 0 saturated carbocycles. The first kappa shape index (κ1) is 32.2. The Labute approximate surface area is 319 Å². The van der Waals surface area contributed by atoms with Gasteiger partial charge in [0, 0.05) is 49.8 Å². The van der Waals surface area contributed by atoms with Crippen LogP contribution in [0.4, 0.5) is 17.1 Å². The Morgan fingerprint density at radius 3 is 1.44 bits per heavy atom. The average molecular weight is 703 g/mol. The highest BCUT2D eigenvalue weighted by atomic mass is 15.1. The van der Waals surface area contributed by atoms with Gasteiger partial charge in [-0.3, -0.25) is 0 Å². The third kappa shape index (κ3) is 5.96. The molecule has 0 spiro atoms. The number of aromatic nitrogens is 3. The lowest BCUT2D eigenvalue weighted by Crippen LogP contribution is -2.11. The minimum Gasteiger partial charge on any atom is -0.310 e. The highest BCUT2D eigenvalue weighted by Crippen LogP contribution is 2.47. The molecule has 0 aliphatic heterocycles. The number of hydrogen-bond donors (Lipinski definition) is 0. The van der Waals surface area contributed by atoms with E-state index in [0.29, 0.717) is 5.82 Å². The highest BCUT2D eigenvalue weighted by molar-refractivity contribution is 6.27. The van der Waals surface area contributed by atoms with E-state index in [1.165, 1.54) is 16.2 Å². The molecule has 0 saturated heterocycles. The molecule has 4 nitrogen and oxygen atoms in total. The molecule has 0 atom stereocenters. The lowest BCUT2D eigenvalue weighted by atomic mass is 9.92. The molecule has 10 rings (SSSR count). The summed E-state index contributed by atoms with van der Waals surface area (Å²) < 4.78 is 0. The minimum atomic E-state index is 0.675. The van der Waals surface area contributed by atoms with E-state index >= 15 is 0 Å². The van der Waals surface area contributed by atoms with Gasteiger partial charge in [0.25, 0.3) is 0 Å². The van der Waals surface area contributed by atoms with Gasteiger partial charge < -0.3 is 4.90 Å². The third-order valence-corrected chi connectivity index (χ3v) is 10.2. The predicted molar refractivity (Wildman–Crippen MR) is 229 cm³/mol. The van der Waals surface area contributed by atoms with Crippen molar-refractivity contribution in [2.75, 3.05) is 4.90 Å². The van der Waals surface area contributed by atoms with Crippen molar-refractivity contribution in [1.29, 1.82) is 0 Å². The van der Waals surface area contributed by atoms with Crippen LogP contribution in [0.3, 0.4) is 0 Å². The van der Waals surface area contributed by atoms with Crippen LogP contribution >= 0.6 is 0 Å². The molecule has 4 heteroatoms. The van der Waals surface area contributed by atoms with Crippen molar-refractivity contribution in [2.45, 2.75) is 0 Å². The van der Waals surface area contributed by atoms with E-state index in [-0.39, 0.29) is 0 Å². The normalized spacial score (nSPS) is 11.3. The third-order valence-electron chi connectivity index (χ3n) is 10.2. The molecule has 0 N–H and O–H groups in total. The lowest BCUT2D eigenvalue weighted by Gasteiger charge is -2.28. The molecule has 0 aliphatic carbocycles. The molecule has 0 aliphatic rings. The van der Waals surface area contributed by atoms with Gasteiger partial charge in [0.05, 0.1) is 28.3 Å². The van der Waals surface area contributed by atoms with E-state index in [1.54, 1.807) is 0 Å². The van der Waals surface area contributed by atoms with Crippen LogP contribution in [-0.4, -0.2) is 15.0 Å². The van der Waals surface area contributed by atoms with Crippen LogP contribution in [0, 0.1) is 0 Å². The van der Waals surface area contributed by atoms with Gasteiger partial charge in [0.15, 0.2) is 5.82 Å². The quantitative estimate of drug-likeness (QED) is 0.155. The van der Waals surface area contributed by atoms with Gasteiger partial charge in [0.1, 0.15) is 0 Å². The van der Waals surface area contributed by atoms with Crippen molar-refractivity contribution in [3.05, 3.63) is 206 Å². The van der Waals surface area contributed by atoms with Gasteiger partial charge >= 0.3 is 0 Å². The molecule has 258 valence electrons. The van der Waals surface area contributed by atoms with Crippen molar-refractivity contribution in [1.82, 2.24) is 15.0 Å². The molecule has 0 bridgehead atoms. The number of rotatable bonds is 7. The largest absolute Gasteiger partial charge is 0.310 e. The van der Waals surface area contributed by atoms with Gasteiger partial charge in [-0.05, 0) is 53.2 Å².